The number of aromatic amines is 1. The summed E-state index contributed by atoms with van der Waals surface area (Å²) < 4.78 is 6.43. The van der Waals surface area contributed by atoms with Gasteiger partial charge in [0.15, 0.2) is 10.9 Å². The molecule has 3 rings (SSSR count). The van der Waals surface area contributed by atoms with Crippen molar-refractivity contribution in [1.82, 2.24) is 15.0 Å². The van der Waals surface area contributed by atoms with E-state index in [-0.39, 0.29) is 10.8 Å². The van der Waals surface area contributed by atoms with Crippen LogP contribution in [0.2, 0.25) is 5.02 Å². The van der Waals surface area contributed by atoms with Gasteiger partial charge in [0, 0.05) is 0 Å². The minimum atomic E-state index is -0.395. The van der Waals surface area contributed by atoms with Crippen LogP contribution in [-0.2, 0) is 0 Å². The Balaban J connectivity index is 1.94. The van der Waals surface area contributed by atoms with Crippen LogP contribution < -0.4 is 15.6 Å². The molecule has 3 aromatic rings. The Bertz CT molecular complexity index is 846. The standard InChI is InChI=1S/C13H11ClN4O2S/c1-2-20-7-3-4-8-9(5-7)21-13(17-8)18-11-10(14)12(19)16-6-15-11/h3-6H,2H2,1H3,(H2,15,16,17,18,19). The Morgan fingerprint density at radius 2 is 2.33 bits per heavy atom. The second-order valence-corrected chi connectivity index (χ2v) is 5.51. The van der Waals surface area contributed by atoms with Crippen molar-refractivity contribution in [1.29, 1.82) is 0 Å². The first-order valence-corrected chi connectivity index (χ1v) is 7.40. The van der Waals surface area contributed by atoms with Crippen LogP contribution in [-0.4, -0.2) is 21.6 Å². The number of benzene rings is 1. The number of hydrogen-bond donors (Lipinski definition) is 2. The van der Waals surface area contributed by atoms with Crippen LogP contribution in [0.15, 0.2) is 29.3 Å². The van der Waals surface area contributed by atoms with Crippen molar-refractivity contribution in [3.8, 4) is 5.75 Å². The molecule has 108 valence electrons. The summed E-state index contributed by atoms with van der Waals surface area (Å²) in [5, 5.41) is 3.57. The Labute approximate surface area is 128 Å². The van der Waals surface area contributed by atoms with Gasteiger partial charge in [-0.3, -0.25) is 4.79 Å². The first kappa shape index (κ1) is 13.8. The van der Waals surface area contributed by atoms with E-state index in [0.29, 0.717) is 11.7 Å². The largest absolute Gasteiger partial charge is 0.494 e. The lowest BCUT2D eigenvalue weighted by Gasteiger charge is -2.01. The molecule has 2 heterocycles. The molecule has 2 aromatic heterocycles. The van der Waals surface area contributed by atoms with E-state index in [0.717, 1.165) is 16.0 Å². The predicted octanol–water partition coefficient (Wildman–Crippen LogP) is 3.18. The van der Waals surface area contributed by atoms with Crippen molar-refractivity contribution in [2.75, 3.05) is 11.9 Å². The summed E-state index contributed by atoms with van der Waals surface area (Å²) >= 11 is 7.33. The fraction of sp³-hybridized carbons (Fsp3) is 0.154. The van der Waals surface area contributed by atoms with Crippen LogP contribution in [0.3, 0.4) is 0 Å². The molecule has 0 amide bonds. The first-order valence-electron chi connectivity index (χ1n) is 6.21. The summed E-state index contributed by atoms with van der Waals surface area (Å²) in [7, 11) is 0. The maximum atomic E-state index is 11.4. The van der Waals surface area contributed by atoms with Crippen LogP contribution in [0.5, 0.6) is 5.75 Å². The van der Waals surface area contributed by atoms with E-state index in [2.05, 4.69) is 20.3 Å². The summed E-state index contributed by atoms with van der Waals surface area (Å²) in [6.07, 6.45) is 1.29. The van der Waals surface area contributed by atoms with E-state index < -0.39 is 5.56 Å². The number of nitrogens with zero attached hydrogens (tertiary/aromatic N) is 2. The SMILES string of the molecule is CCOc1ccc2nc(Nc3nc[nH]c(=O)c3Cl)sc2c1. The molecule has 8 heteroatoms. The zero-order chi connectivity index (χ0) is 14.8. The lowest BCUT2D eigenvalue weighted by atomic mass is 10.3. The van der Waals surface area contributed by atoms with Crippen LogP contribution in [0, 0.1) is 0 Å². The third kappa shape index (κ3) is 2.84. The molecule has 0 spiro atoms. The minimum absolute atomic E-state index is 0.00626. The Morgan fingerprint density at radius 3 is 3.14 bits per heavy atom. The highest BCUT2D eigenvalue weighted by Crippen LogP contribution is 2.31. The van der Waals surface area contributed by atoms with Crippen LogP contribution in [0.25, 0.3) is 10.2 Å². The van der Waals surface area contributed by atoms with Crippen LogP contribution >= 0.6 is 22.9 Å². The molecule has 2 N–H and O–H groups in total. The number of nitrogens with one attached hydrogen (secondary N) is 2. The second-order valence-electron chi connectivity index (χ2n) is 4.10. The van der Waals surface area contributed by atoms with Crippen molar-refractivity contribution in [3.05, 3.63) is 39.9 Å². The average molecular weight is 323 g/mol. The van der Waals surface area contributed by atoms with E-state index in [4.69, 9.17) is 16.3 Å². The molecule has 0 saturated heterocycles. The molecule has 0 fully saturated rings. The normalized spacial score (nSPS) is 10.8. The number of rotatable bonds is 4. The summed E-state index contributed by atoms with van der Waals surface area (Å²) in [6, 6.07) is 5.68. The van der Waals surface area contributed by atoms with Gasteiger partial charge >= 0.3 is 0 Å². The molecule has 6 nitrogen and oxygen atoms in total. The lowest BCUT2D eigenvalue weighted by molar-refractivity contribution is 0.341. The number of ether oxygens (including phenoxy) is 1. The summed E-state index contributed by atoms with van der Waals surface area (Å²) in [5.74, 6) is 1.08. The summed E-state index contributed by atoms with van der Waals surface area (Å²) in [5.41, 5.74) is 0.445. The zero-order valence-electron chi connectivity index (χ0n) is 11.0. The average Bonchev–Trinajstić information content (AvgIpc) is 2.86. The van der Waals surface area contributed by atoms with Gasteiger partial charge in [-0.25, -0.2) is 9.97 Å². The molecular formula is C13H11ClN4O2S. The highest BCUT2D eigenvalue weighted by Gasteiger charge is 2.10. The number of hydrogen-bond acceptors (Lipinski definition) is 6. The molecule has 0 radical (unpaired) electrons. The molecule has 0 aliphatic heterocycles. The van der Waals surface area contributed by atoms with E-state index in [1.54, 1.807) is 0 Å². The molecule has 0 bridgehead atoms. The van der Waals surface area contributed by atoms with E-state index in [9.17, 15) is 4.79 Å². The molecule has 0 atom stereocenters. The Kier molecular flexibility index (Phi) is 3.76. The minimum Gasteiger partial charge on any atom is -0.494 e. The van der Waals surface area contributed by atoms with Gasteiger partial charge in [0.05, 0.1) is 23.2 Å². The van der Waals surface area contributed by atoms with Gasteiger partial charge < -0.3 is 15.0 Å². The predicted molar refractivity (Wildman–Crippen MR) is 83.9 cm³/mol. The highest BCUT2D eigenvalue weighted by atomic mass is 35.5. The molecule has 0 unspecified atom stereocenters. The smallest absolute Gasteiger partial charge is 0.271 e. The quantitative estimate of drug-likeness (QED) is 0.771. The van der Waals surface area contributed by atoms with E-state index in [1.807, 2.05) is 25.1 Å². The zero-order valence-corrected chi connectivity index (χ0v) is 12.6. The fourth-order valence-corrected chi connectivity index (χ4v) is 2.83. The van der Waals surface area contributed by atoms with Crippen molar-refractivity contribution < 1.29 is 4.74 Å². The van der Waals surface area contributed by atoms with Gasteiger partial charge in [-0.1, -0.05) is 22.9 Å². The molecule has 21 heavy (non-hydrogen) atoms. The molecule has 0 saturated carbocycles. The van der Waals surface area contributed by atoms with Crippen molar-refractivity contribution in [3.63, 3.8) is 0 Å². The number of anilines is 2. The summed E-state index contributed by atoms with van der Waals surface area (Å²) in [6.45, 7) is 2.55. The van der Waals surface area contributed by atoms with E-state index >= 15 is 0 Å². The fourth-order valence-electron chi connectivity index (χ4n) is 1.79. The number of H-pyrrole nitrogens is 1. The molecule has 0 aliphatic rings. The van der Waals surface area contributed by atoms with Gasteiger partial charge in [-0.2, -0.15) is 0 Å². The Morgan fingerprint density at radius 1 is 1.48 bits per heavy atom. The number of thiazole rings is 1. The third-order valence-electron chi connectivity index (χ3n) is 2.69. The maximum absolute atomic E-state index is 11.4. The molecule has 0 aliphatic carbocycles. The van der Waals surface area contributed by atoms with Crippen LogP contribution in [0.4, 0.5) is 10.9 Å². The monoisotopic (exact) mass is 322 g/mol. The first-order chi connectivity index (χ1) is 10.2. The van der Waals surface area contributed by atoms with E-state index in [1.165, 1.54) is 17.7 Å². The van der Waals surface area contributed by atoms with Crippen LogP contribution in [0.1, 0.15) is 6.92 Å². The maximum Gasteiger partial charge on any atom is 0.271 e. The van der Waals surface area contributed by atoms with Crippen molar-refractivity contribution in [2.24, 2.45) is 0 Å². The third-order valence-corrected chi connectivity index (χ3v) is 3.98. The number of halogens is 1. The van der Waals surface area contributed by atoms with Gasteiger partial charge in [-0.05, 0) is 25.1 Å². The number of fused-ring (bicyclic) bond motifs is 1. The van der Waals surface area contributed by atoms with Gasteiger partial charge in [0.1, 0.15) is 10.8 Å². The van der Waals surface area contributed by atoms with Gasteiger partial charge in [0.25, 0.3) is 5.56 Å². The van der Waals surface area contributed by atoms with Crippen molar-refractivity contribution >= 4 is 44.1 Å². The number of aromatic nitrogens is 3. The van der Waals surface area contributed by atoms with Gasteiger partial charge in [0.2, 0.25) is 0 Å². The van der Waals surface area contributed by atoms with Gasteiger partial charge in [-0.15, -0.1) is 0 Å². The second kappa shape index (κ2) is 5.71. The summed E-state index contributed by atoms with van der Waals surface area (Å²) in [4.78, 5) is 22.2. The lowest BCUT2D eigenvalue weighted by Crippen LogP contribution is -2.09. The topological polar surface area (TPSA) is 79.9 Å². The Hall–Kier alpha value is -2.12. The highest BCUT2D eigenvalue weighted by molar-refractivity contribution is 7.22. The van der Waals surface area contributed by atoms with Crippen molar-refractivity contribution in [2.45, 2.75) is 6.92 Å². The molecular weight excluding hydrogens is 312 g/mol. The molecule has 1 aromatic carbocycles.